The van der Waals surface area contributed by atoms with Crippen molar-refractivity contribution in [2.75, 3.05) is 6.54 Å². The molecule has 0 rings (SSSR count). The SMILES string of the molecule is CC(C[NH3+])O[N+](=O)[O-].O=[N+]([O-])[O-]. The van der Waals surface area contributed by atoms with Gasteiger partial charge in [-0.25, -0.2) is 0 Å². The van der Waals surface area contributed by atoms with Crippen molar-refractivity contribution < 1.29 is 20.7 Å². The van der Waals surface area contributed by atoms with Crippen LogP contribution in [0.15, 0.2) is 0 Å². The summed E-state index contributed by atoms with van der Waals surface area (Å²) in [4.78, 5) is 21.8. The monoisotopic (exact) mass is 183 g/mol. The van der Waals surface area contributed by atoms with Crippen molar-refractivity contribution in [3.05, 3.63) is 25.4 Å². The van der Waals surface area contributed by atoms with Crippen LogP contribution in [-0.2, 0) is 4.84 Å². The summed E-state index contributed by atoms with van der Waals surface area (Å²) < 4.78 is 0. The predicted octanol–water partition coefficient (Wildman–Crippen LogP) is -1.41. The molecular formula is C3H9N3O6. The van der Waals surface area contributed by atoms with Crippen LogP contribution in [0.2, 0.25) is 0 Å². The summed E-state index contributed by atoms with van der Waals surface area (Å²) in [5.41, 5.74) is 3.41. The molecule has 0 amide bonds. The Morgan fingerprint density at radius 2 is 1.75 bits per heavy atom. The smallest absolute Gasteiger partial charge is 0.294 e. The number of quaternary nitrogens is 1. The molecule has 12 heavy (non-hydrogen) atoms. The number of hydrogen-bond acceptors (Lipinski definition) is 6. The average Bonchev–Trinajstić information content (AvgIpc) is 1.84. The minimum atomic E-state index is -1.75. The number of rotatable bonds is 3. The molecule has 0 radical (unpaired) electrons. The standard InChI is InChI=1S/C3H8N2O3.NO3/c1-3(2-4)8-5(6)7;2-1(3)4/h3H,2,4H2,1H3;/q;-1/p+1. The van der Waals surface area contributed by atoms with E-state index in [1.54, 1.807) is 6.92 Å². The van der Waals surface area contributed by atoms with Gasteiger partial charge in [-0.1, -0.05) is 0 Å². The van der Waals surface area contributed by atoms with Crippen LogP contribution >= 0.6 is 0 Å². The Morgan fingerprint density at radius 1 is 1.42 bits per heavy atom. The van der Waals surface area contributed by atoms with E-state index < -0.39 is 10.2 Å². The fraction of sp³-hybridized carbons (Fsp3) is 1.00. The molecule has 1 atom stereocenters. The van der Waals surface area contributed by atoms with Crippen LogP contribution in [0.3, 0.4) is 0 Å². The molecule has 0 aromatic rings. The van der Waals surface area contributed by atoms with Crippen LogP contribution in [0.25, 0.3) is 0 Å². The van der Waals surface area contributed by atoms with Gasteiger partial charge in [-0.2, -0.15) is 0 Å². The molecule has 3 N–H and O–H groups in total. The van der Waals surface area contributed by atoms with E-state index in [0.717, 1.165) is 0 Å². The van der Waals surface area contributed by atoms with Gasteiger partial charge >= 0.3 is 0 Å². The van der Waals surface area contributed by atoms with Crippen molar-refractivity contribution >= 4 is 0 Å². The molecule has 0 aromatic heterocycles. The first kappa shape index (κ1) is 13.0. The maximum Gasteiger partial charge on any atom is 0.294 e. The highest BCUT2D eigenvalue weighted by Gasteiger charge is 2.03. The lowest BCUT2D eigenvalue weighted by molar-refractivity contribution is -0.771. The maximum absolute atomic E-state index is 9.52. The van der Waals surface area contributed by atoms with E-state index in [4.69, 9.17) is 15.3 Å². The zero-order chi connectivity index (χ0) is 10.1. The Hall–Kier alpha value is -1.64. The van der Waals surface area contributed by atoms with Crippen LogP contribution in [0.5, 0.6) is 0 Å². The highest BCUT2D eigenvalue weighted by atomic mass is 17.0. The van der Waals surface area contributed by atoms with Gasteiger partial charge in [0.05, 0.1) is 5.09 Å². The molecule has 0 spiro atoms. The van der Waals surface area contributed by atoms with E-state index in [9.17, 15) is 10.1 Å². The molecule has 0 aliphatic carbocycles. The summed E-state index contributed by atoms with van der Waals surface area (Å²) in [6.07, 6.45) is -0.384. The predicted molar refractivity (Wildman–Crippen MR) is 35.7 cm³/mol. The number of nitrogens with zero attached hydrogens (tertiary/aromatic N) is 2. The lowest BCUT2D eigenvalue weighted by atomic mass is 10.4. The second-order valence-electron chi connectivity index (χ2n) is 1.65. The van der Waals surface area contributed by atoms with Gasteiger partial charge in [0.1, 0.15) is 6.54 Å². The largest absolute Gasteiger partial charge is 0.356 e. The third-order valence-electron chi connectivity index (χ3n) is 0.673. The highest BCUT2D eigenvalue weighted by molar-refractivity contribution is 4.35. The van der Waals surface area contributed by atoms with Gasteiger partial charge in [0.25, 0.3) is 5.09 Å². The quantitative estimate of drug-likeness (QED) is 0.419. The van der Waals surface area contributed by atoms with E-state index in [1.165, 1.54) is 0 Å². The summed E-state index contributed by atoms with van der Waals surface area (Å²) in [5, 5.41) is 23.5. The van der Waals surface area contributed by atoms with Crippen molar-refractivity contribution in [2.45, 2.75) is 13.0 Å². The molecular weight excluding hydrogens is 174 g/mol. The van der Waals surface area contributed by atoms with Gasteiger partial charge < -0.3 is 25.9 Å². The molecule has 0 saturated carbocycles. The Bertz CT molecular complexity index is 145. The summed E-state index contributed by atoms with van der Waals surface area (Å²) >= 11 is 0. The molecule has 9 heteroatoms. The molecule has 9 nitrogen and oxygen atoms in total. The molecule has 0 aliphatic rings. The molecule has 0 heterocycles. The van der Waals surface area contributed by atoms with Crippen molar-refractivity contribution in [2.24, 2.45) is 0 Å². The summed E-state index contributed by atoms with van der Waals surface area (Å²) in [7, 11) is 0. The van der Waals surface area contributed by atoms with E-state index >= 15 is 0 Å². The van der Waals surface area contributed by atoms with Gasteiger partial charge in [-0.05, 0) is 6.92 Å². The lowest BCUT2D eigenvalue weighted by Gasteiger charge is -2.00. The maximum atomic E-state index is 9.52. The molecule has 0 aromatic carbocycles. The van der Waals surface area contributed by atoms with Gasteiger partial charge in [0.15, 0.2) is 6.10 Å². The van der Waals surface area contributed by atoms with E-state index in [-0.39, 0.29) is 6.10 Å². The van der Waals surface area contributed by atoms with Crippen LogP contribution in [-0.4, -0.2) is 22.8 Å². The van der Waals surface area contributed by atoms with E-state index in [1.807, 2.05) is 0 Å². The van der Waals surface area contributed by atoms with Gasteiger partial charge in [-0.15, -0.1) is 10.1 Å². The zero-order valence-corrected chi connectivity index (χ0v) is 6.34. The first-order chi connectivity index (χ1) is 5.40. The minimum Gasteiger partial charge on any atom is -0.356 e. The van der Waals surface area contributed by atoms with Crippen LogP contribution in [0.1, 0.15) is 6.92 Å². The third-order valence-corrected chi connectivity index (χ3v) is 0.673. The first-order valence-electron chi connectivity index (χ1n) is 2.82. The average molecular weight is 183 g/mol. The van der Waals surface area contributed by atoms with Crippen molar-refractivity contribution in [3.8, 4) is 0 Å². The first-order valence-corrected chi connectivity index (χ1v) is 2.82. The summed E-state index contributed by atoms with van der Waals surface area (Å²) in [5.74, 6) is 0. The second kappa shape index (κ2) is 7.47. The van der Waals surface area contributed by atoms with Crippen LogP contribution < -0.4 is 5.73 Å². The van der Waals surface area contributed by atoms with Gasteiger partial charge in [0, 0.05) is 0 Å². The molecule has 0 fully saturated rings. The highest BCUT2D eigenvalue weighted by Crippen LogP contribution is 1.83. The van der Waals surface area contributed by atoms with Crippen molar-refractivity contribution in [1.82, 2.24) is 0 Å². The fourth-order valence-corrected chi connectivity index (χ4v) is 0.200. The Balaban J connectivity index is 0. The third kappa shape index (κ3) is 23.8. The minimum absolute atomic E-state index is 0.384. The Morgan fingerprint density at radius 3 is 1.83 bits per heavy atom. The van der Waals surface area contributed by atoms with Crippen molar-refractivity contribution in [1.29, 1.82) is 0 Å². The van der Waals surface area contributed by atoms with Crippen LogP contribution in [0, 0.1) is 25.4 Å². The van der Waals surface area contributed by atoms with E-state index in [0.29, 0.717) is 6.54 Å². The molecule has 72 valence electrons. The second-order valence-corrected chi connectivity index (χ2v) is 1.65. The Labute approximate surface area is 66.9 Å². The van der Waals surface area contributed by atoms with Crippen LogP contribution in [0.4, 0.5) is 0 Å². The lowest BCUT2D eigenvalue weighted by Crippen LogP contribution is -2.55. The topological polar surface area (TPSA) is 146 Å². The zero-order valence-electron chi connectivity index (χ0n) is 6.34. The number of hydrogen-bond donors (Lipinski definition) is 1. The van der Waals surface area contributed by atoms with Gasteiger partial charge in [0.2, 0.25) is 0 Å². The van der Waals surface area contributed by atoms with Crippen molar-refractivity contribution in [3.63, 3.8) is 0 Å². The van der Waals surface area contributed by atoms with Gasteiger partial charge in [-0.3, -0.25) is 0 Å². The fourth-order valence-electron chi connectivity index (χ4n) is 0.200. The van der Waals surface area contributed by atoms with E-state index in [2.05, 4.69) is 10.6 Å². The molecule has 0 bridgehead atoms. The molecule has 0 saturated heterocycles. The molecule has 1 unspecified atom stereocenters. The molecule has 0 aliphatic heterocycles. The summed E-state index contributed by atoms with van der Waals surface area (Å²) in [6.45, 7) is 2.01. The summed E-state index contributed by atoms with van der Waals surface area (Å²) in [6, 6.07) is 0. The normalized spacial score (nSPS) is 10.5. The Kier molecular flexibility index (Phi) is 8.08.